The third-order valence-electron chi connectivity index (χ3n) is 3.87. The van der Waals surface area contributed by atoms with Crippen LogP contribution in [0.5, 0.6) is 0 Å². The van der Waals surface area contributed by atoms with Gasteiger partial charge in [0.15, 0.2) is 5.65 Å². The molecule has 3 rings (SSSR count). The number of nitrogens with zero attached hydrogens (tertiary/aromatic N) is 3. The lowest BCUT2D eigenvalue weighted by Crippen LogP contribution is -2.37. The summed E-state index contributed by atoms with van der Waals surface area (Å²) in [4.78, 5) is 9.27. The number of rotatable bonds is 3. The van der Waals surface area contributed by atoms with Gasteiger partial charge in [-0.25, -0.2) is 9.97 Å². The van der Waals surface area contributed by atoms with Crippen LogP contribution in [-0.4, -0.2) is 27.1 Å². The van der Waals surface area contributed by atoms with Crippen molar-refractivity contribution in [2.75, 3.05) is 6.54 Å². The fourth-order valence-corrected chi connectivity index (χ4v) is 2.90. The van der Waals surface area contributed by atoms with Crippen LogP contribution in [0, 0.1) is 0 Å². The molecular formula is C15H22N4. The SMILES string of the molecule is CC(C)c1nc2cccnc2n1CC1CCCCN1. The van der Waals surface area contributed by atoms with Gasteiger partial charge >= 0.3 is 0 Å². The van der Waals surface area contributed by atoms with E-state index in [-0.39, 0.29) is 0 Å². The van der Waals surface area contributed by atoms with E-state index in [0.29, 0.717) is 12.0 Å². The van der Waals surface area contributed by atoms with E-state index in [1.54, 1.807) is 0 Å². The highest BCUT2D eigenvalue weighted by atomic mass is 15.2. The van der Waals surface area contributed by atoms with E-state index in [1.807, 2.05) is 12.3 Å². The zero-order valence-electron chi connectivity index (χ0n) is 11.8. The zero-order valence-corrected chi connectivity index (χ0v) is 11.8. The maximum atomic E-state index is 4.75. The third-order valence-corrected chi connectivity index (χ3v) is 3.87. The fraction of sp³-hybridized carbons (Fsp3) is 0.600. The molecule has 0 aromatic carbocycles. The molecule has 4 heteroatoms. The molecule has 19 heavy (non-hydrogen) atoms. The second-order valence-electron chi connectivity index (χ2n) is 5.73. The van der Waals surface area contributed by atoms with Crippen molar-refractivity contribution in [1.82, 2.24) is 19.9 Å². The highest BCUT2D eigenvalue weighted by Crippen LogP contribution is 2.21. The smallest absolute Gasteiger partial charge is 0.160 e. The average molecular weight is 258 g/mol. The van der Waals surface area contributed by atoms with Gasteiger partial charge in [-0.15, -0.1) is 0 Å². The number of nitrogens with one attached hydrogen (secondary N) is 1. The topological polar surface area (TPSA) is 42.7 Å². The van der Waals surface area contributed by atoms with Crippen LogP contribution in [0.3, 0.4) is 0 Å². The first-order valence-electron chi connectivity index (χ1n) is 7.30. The van der Waals surface area contributed by atoms with Crippen molar-refractivity contribution in [2.24, 2.45) is 0 Å². The summed E-state index contributed by atoms with van der Waals surface area (Å²) >= 11 is 0. The third kappa shape index (κ3) is 2.50. The Hall–Kier alpha value is -1.42. The Morgan fingerprint density at radius 1 is 1.42 bits per heavy atom. The predicted molar refractivity (Wildman–Crippen MR) is 77.3 cm³/mol. The Balaban J connectivity index is 1.97. The number of hydrogen-bond donors (Lipinski definition) is 1. The van der Waals surface area contributed by atoms with Crippen molar-refractivity contribution < 1.29 is 0 Å². The molecule has 3 heterocycles. The predicted octanol–water partition coefficient (Wildman–Crippen LogP) is 2.70. The van der Waals surface area contributed by atoms with Crippen LogP contribution in [0.2, 0.25) is 0 Å². The Bertz CT molecular complexity index is 552. The van der Waals surface area contributed by atoms with Crippen molar-refractivity contribution >= 4 is 11.2 Å². The van der Waals surface area contributed by atoms with Crippen molar-refractivity contribution in [1.29, 1.82) is 0 Å². The van der Waals surface area contributed by atoms with Gasteiger partial charge in [-0.05, 0) is 31.5 Å². The van der Waals surface area contributed by atoms with E-state index in [4.69, 9.17) is 4.98 Å². The summed E-state index contributed by atoms with van der Waals surface area (Å²) < 4.78 is 2.31. The Kier molecular flexibility index (Phi) is 3.51. The minimum Gasteiger partial charge on any atom is -0.312 e. The number of piperidine rings is 1. The molecule has 2 aromatic heterocycles. The van der Waals surface area contributed by atoms with Crippen molar-refractivity contribution in [2.45, 2.75) is 51.6 Å². The van der Waals surface area contributed by atoms with E-state index in [2.05, 4.69) is 34.8 Å². The first-order chi connectivity index (χ1) is 9.25. The van der Waals surface area contributed by atoms with E-state index in [1.165, 1.54) is 19.3 Å². The highest BCUT2D eigenvalue weighted by Gasteiger charge is 2.19. The van der Waals surface area contributed by atoms with Crippen LogP contribution < -0.4 is 5.32 Å². The molecule has 1 aliphatic heterocycles. The molecular weight excluding hydrogens is 236 g/mol. The minimum absolute atomic E-state index is 0.429. The summed E-state index contributed by atoms with van der Waals surface area (Å²) in [7, 11) is 0. The number of hydrogen-bond acceptors (Lipinski definition) is 3. The van der Waals surface area contributed by atoms with Crippen LogP contribution in [0.1, 0.15) is 44.9 Å². The summed E-state index contributed by atoms with van der Waals surface area (Å²) in [6.45, 7) is 6.53. The van der Waals surface area contributed by atoms with Crippen LogP contribution in [0.15, 0.2) is 18.3 Å². The largest absolute Gasteiger partial charge is 0.312 e. The molecule has 0 aliphatic carbocycles. The molecule has 2 aromatic rings. The first-order valence-corrected chi connectivity index (χ1v) is 7.30. The quantitative estimate of drug-likeness (QED) is 0.920. The monoisotopic (exact) mass is 258 g/mol. The molecule has 1 atom stereocenters. The lowest BCUT2D eigenvalue weighted by Gasteiger charge is -2.25. The van der Waals surface area contributed by atoms with Crippen molar-refractivity contribution in [3.8, 4) is 0 Å². The van der Waals surface area contributed by atoms with Gasteiger partial charge in [-0.2, -0.15) is 0 Å². The van der Waals surface area contributed by atoms with Gasteiger partial charge in [-0.1, -0.05) is 20.3 Å². The van der Waals surface area contributed by atoms with E-state index in [0.717, 1.165) is 30.1 Å². The molecule has 1 N–H and O–H groups in total. The summed E-state index contributed by atoms with van der Waals surface area (Å²) in [5.41, 5.74) is 2.04. The van der Waals surface area contributed by atoms with E-state index < -0.39 is 0 Å². The van der Waals surface area contributed by atoms with E-state index in [9.17, 15) is 0 Å². The first kappa shape index (κ1) is 12.6. The number of imidazole rings is 1. The van der Waals surface area contributed by atoms with Gasteiger partial charge in [0.05, 0.1) is 0 Å². The van der Waals surface area contributed by atoms with Gasteiger partial charge in [0.25, 0.3) is 0 Å². The summed E-state index contributed by atoms with van der Waals surface area (Å²) in [5.74, 6) is 1.58. The molecule has 0 amide bonds. The molecule has 0 spiro atoms. The maximum absolute atomic E-state index is 4.75. The molecule has 0 saturated carbocycles. The molecule has 1 saturated heterocycles. The number of pyridine rings is 1. The molecule has 4 nitrogen and oxygen atoms in total. The molecule has 1 unspecified atom stereocenters. The molecule has 1 fully saturated rings. The van der Waals surface area contributed by atoms with Crippen LogP contribution >= 0.6 is 0 Å². The van der Waals surface area contributed by atoms with Crippen molar-refractivity contribution in [3.63, 3.8) is 0 Å². The summed E-state index contributed by atoms with van der Waals surface area (Å²) in [6, 6.07) is 4.58. The van der Waals surface area contributed by atoms with Gasteiger partial charge in [0.2, 0.25) is 0 Å². The molecule has 102 valence electrons. The second kappa shape index (κ2) is 5.29. The lowest BCUT2D eigenvalue weighted by molar-refractivity contribution is 0.360. The standard InChI is InChI=1S/C15H22N4/c1-11(2)14-18-13-7-5-9-17-15(13)19(14)10-12-6-3-4-8-16-12/h5,7,9,11-12,16H,3-4,6,8,10H2,1-2H3. The average Bonchev–Trinajstić information content (AvgIpc) is 2.79. The summed E-state index contributed by atoms with van der Waals surface area (Å²) in [6.07, 6.45) is 5.74. The fourth-order valence-electron chi connectivity index (χ4n) is 2.90. The Morgan fingerprint density at radius 2 is 2.32 bits per heavy atom. The van der Waals surface area contributed by atoms with Gasteiger partial charge in [-0.3, -0.25) is 0 Å². The molecule has 0 bridgehead atoms. The maximum Gasteiger partial charge on any atom is 0.160 e. The lowest BCUT2D eigenvalue weighted by atomic mass is 10.0. The van der Waals surface area contributed by atoms with Gasteiger partial charge < -0.3 is 9.88 Å². The number of aromatic nitrogens is 3. The van der Waals surface area contributed by atoms with Crippen LogP contribution in [-0.2, 0) is 6.54 Å². The van der Waals surface area contributed by atoms with Gasteiger partial charge in [0, 0.05) is 24.7 Å². The second-order valence-corrected chi connectivity index (χ2v) is 5.73. The Morgan fingerprint density at radius 3 is 3.05 bits per heavy atom. The van der Waals surface area contributed by atoms with Crippen LogP contribution in [0.25, 0.3) is 11.2 Å². The van der Waals surface area contributed by atoms with E-state index >= 15 is 0 Å². The normalized spacial score (nSPS) is 20.3. The van der Waals surface area contributed by atoms with Gasteiger partial charge in [0.1, 0.15) is 11.3 Å². The summed E-state index contributed by atoms with van der Waals surface area (Å²) in [5, 5.41) is 3.61. The molecule has 0 radical (unpaired) electrons. The van der Waals surface area contributed by atoms with Crippen LogP contribution in [0.4, 0.5) is 0 Å². The highest BCUT2D eigenvalue weighted by molar-refractivity contribution is 5.71. The number of fused-ring (bicyclic) bond motifs is 1. The molecule has 1 aliphatic rings. The van der Waals surface area contributed by atoms with Crippen molar-refractivity contribution in [3.05, 3.63) is 24.2 Å². The zero-order chi connectivity index (χ0) is 13.2. The Labute approximate surface area is 114 Å². The minimum atomic E-state index is 0.429.